The number of nitrogens with one attached hydrogen (secondary N) is 1. The number of benzene rings is 1. The molecule has 0 bridgehead atoms. The molecular formula is C17H21N3O. The predicted octanol–water partition coefficient (Wildman–Crippen LogP) is 3.45. The average Bonchev–Trinajstić information content (AvgIpc) is 3.28. The van der Waals surface area contributed by atoms with E-state index in [1.54, 1.807) is 0 Å². The lowest BCUT2D eigenvalue weighted by Gasteiger charge is -2.11. The van der Waals surface area contributed by atoms with E-state index in [-0.39, 0.29) is 0 Å². The molecule has 1 N–H and O–H groups in total. The zero-order valence-electron chi connectivity index (χ0n) is 12.8. The molecule has 1 fully saturated rings. The molecule has 4 nitrogen and oxygen atoms in total. The maximum absolute atomic E-state index is 5.87. The molecule has 1 aliphatic carbocycles. The Kier molecular flexibility index (Phi) is 3.88. The van der Waals surface area contributed by atoms with Crippen LogP contribution in [0.25, 0.3) is 0 Å². The second kappa shape index (κ2) is 5.82. The summed E-state index contributed by atoms with van der Waals surface area (Å²) in [5.74, 6) is 1.39. The van der Waals surface area contributed by atoms with Crippen molar-refractivity contribution in [3.05, 3.63) is 46.6 Å². The summed E-state index contributed by atoms with van der Waals surface area (Å²) in [7, 11) is 0. The first-order chi connectivity index (χ1) is 10.1. The average molecular weight is 283 g/mol. The quantitative estimate of drug-likeness (QED) is 0.913. The van der Waals surface area contributed by atoms with Crippen LogP contribution < -0.4 is 10.1 Å². The number of aromatic nitrogens is 2. The van der Waals surface area contributed by atoms with Crippen molar-refractivity contribution in [2.24, 2.45) is 0 Å². The summed E-state index contributed by atoms with van der Waals surface area (Å²) in [6.07, 6.45) is 2.56. The van der Waals surface area contributed by atoms with E-state index in [2.05, 4.69) is 42.4 Å². The first-order valence-electron chi connectivity index (χ1n) is 7.43. The first-order valence-corrected chi connectivity index (χ1v) is 7.43. The molecule has 110 valence electrons. The molecule has 0 unspecified atom stereocenters. The van der Waals surface area contributed by atoms with Crippen LogP contribution in [0.5, 0.6) is 11.6 Å². The maximum atomic E-state index is 5.87. The summed E-state index contributed by atoms with van der Waals surface area (Å²) >= 11 is 0. The molecule has 0 spiro atoms. The van der Waals surface area contributed by atoms with Gasteiger partial charge < -0.3 is 10.1 Å². The molecule has 0 aliphatic heterocycles. The molecule has 1 aromatic heterocycles. The van der Waals surface area contributed by atoms with Crippen LogP contribution in [0.2, 0.25) is 0 Å². The smallest absolute Gasteiger partial charge is 0.238 e. The minimum atomic E-state index is 0.540. The zero-order valence-corrected chi connectivity index (χ0v) is 12.8. The lowest BCUT2D eigenvalue weighted by molar-refractivity contribution is 0.449. The van der Waals surface area contributed by atoms with Gasteiger partial charge in [0.15, 0.2) is 0 Å². The highest BCUT2D eigenvalue weighted by molar-refractivity contribution is 5.43. The third kappa shape index (κ3) is 3.58. The lowest BCUT2D eigenvalue weighted by atomic mass is 10.1. The molecule has 1 saturated carbocycles. The molecule has 0 amide bonds. The fourth-order valence-corrected chi connectivity index (χ4v) is 2.25. The van der Waals surface area contributed by atoms with E-state index in [0.29, 0.717) is 11.9 Å². The molecular weight excluding hydrogens is 262 g/mol. The molecule has 0 saturated heterocycles. The molecule has 1 aromatic carbocycles. The van der Waals surface area contributed by atoms with Crippen LogP contribution in [0, 0.1) is 20.8 Å². The van der Waals surface area contributed by atoms with Crippen molar-refractivity contribution in [3.8, 4) is 11.6 Å². The molecule has 0 radical (unpaired) electrons. The van der Waals surface area contributed by atoms with Crippen molar-refractivity contribution in [2.75, 3.05) is 0 Å². The Morgan fingerprint density at radius 2 is 1.95 bits per heavy atom. The van der Waals surface area contributed by atoms with Crippen LogP contribution in [0.3, 0.4) is 0 Å². The van der Waals surface area contributed by atoms with Gasteiger partial charge >= 0.3 is 0 Å². The topological polar surface area (TPSA) is 47.0 Å². The minimum Gasteiger partial charge on any atom is -0.437 e. The van der Waals surface area contributed by atoms with E-state index in [0.717, 1.165) is 23.6 Å². The van der Waals surface area contributed by atoms with Gasteiger partial charge in [-0.3, -0.25) is 0 Å². The fraction of sp³-hybridized carbons (Fsp3) is 0.412. The third-order valence-corrected chi connectivity index (χ3v) is 3.82. The normalized spacial score (nSPS) is 14.2. The van der Waals surface area contributed by atoms with Crippen molar-refractivity contribution in [3.63, 3.8) is 0 Å². The van der Waals surface area contributed by atoms with E-state index < -0.39 is 0 Å². The van der Waals surface area contributed by atoms with Crippen LogP contribution >= 0.6 is 0 Å². The van der Waals surface area contributed by atoms with E-state index in [4.69, 9.17) is 4.74 Å². The van der Waals surface area contributed by atoms with Crippen LogP contribution in [-0.4, -0.2) is 16.2 Å². The van der Waals surface area contributed by atoms with Crippen molar-refractivity contribution in [1.29, 1.82) is 0 Å². The monoisotopic (exact) mass is 283 g/mol. The molecule has 0 atom stereocenters. The number of hydrogen-bond donors (Lipinski definition) is 1. The highest BCUT2D eigenvalue weighted by Crippen LogP contribution is 2.27. The Bertz CT molecular complexity index is 633. The number of rotatable bonds is 5. The Balaban J connectivity index is 1.69. The van der Waals surface area contributed by atoms with Gasteiger partial charge in [0, 0.05) is 18.7 Å². The van der Waals surface area contributed by atoms with Gasteiger partial charge in [-0.15, -0.1) is 5.10 Å². The Morgan fingerprint density at radius 3 is 2.62 bits per heavy atom. The highest BCUT2D eigenvalue weighted by Gasteiger charge is 2.20. The van der Waals surface area contributed by atoms with Gasteiger partial charge in [-0.2, -0.15) is 5.10 Å². The largest absolute Gasteiger partial charge is 0.437 e. The summed E-state index contributed by atoms with van der Waals surface area (Å²) in [6.45, 7) is 7.00. The van der Waals surface area contributed by atoms with Gasteiger partial charge in [0.25, 0.3) is 0 Å². The number of ether oxygens (including phenoxy) is 1. The van der Waals surface area contributed by atoms with Gasteiger partial charge in [0.1, 0.15) is 5.75 Å². The second-order valence-corrected chi connectivity index (χ2v) is 5.83. The Labute approximate surface area is 125 Å². The highest BCUT2D eigenvalue weighted by atomic mass is 16.5. The van der Waals surface area contributed by atoms with Gasteiger partial charge in [0.05, 0.1) is 5.69 Å². The molecule has 2 aromatic rings. The lowest BCUT2D eigenvalue weighted by Crippen LogP contribution is -2.16. The zero-order chi connectivity index (χ0) is 14.8. The molecule has 4 heteroatoms. The number of aryl methyl sites for hydroxylation is 2. The van der Waals surface area contributed by atoms with E-state index in [1.807, 2.05) is 18.2 Å². The van der Waals surface area contributed by atoms with Gasteiger partial charge in [-0.1, -0.05) is 6.07 Å². The van der Waals surface area contributed by atoms with Crippen molar-refractivity contribution < 1.29 is 4.74 Å². The summed E-state index contributed by atoms with van der Waals surface area (Å²) in [4.78, 5) is 0. The summed E-state index contributed by atoms with van der Waals surface area (Å²) < 4.78 is 5.87. The third-order valence-electron chi connectivity index (χ3n) is 3.82. The Hall–Kier alpha value is -1.94. The van der Waals surface area contributed by atoms with Crippen molar-refractivity contribution in [2.45, 2.75) is 46.2 Å². The molecule has 1 aliphatic rings. The summed E-state index contributed by atoms with van der Waals surface area (Å²) in [5.41, 5.74) is 4.50. The van der Waals surface area contributed by atoms with Gasteiger partial charge in [-0.05, 0) is 62.4 Å². The fourth-order valence-electron chi connectivity index (χ4n) is 2.25. The van der Waals surface area contributed by atoms with E-state index >= 15 is 0 Å². The summed E-state index contributed by atoms with van der Waals surface area (Å²) in [5, 5.41) is 11.8. The summed E-state index contributed by atoms with van der Waals surface area (Å²) in [6, 6.07) is 8.72. The first kappa shape index (κ1) is 14.0. The number of hydrogen-bond acceptors (Lipinski definition) is 4. The van der Waals surface area contributed by atoms with Crippen LogP contribution in [0.15, 0.2) is 24.3 Å². The maximum Gasteiger partial charge on any atom is 0.238 e. The van der Waals surface area contributed by atoms with Crippen molar-refractivity contribution in [1.82, 2.24) is 15.5 Å². The SMILES string of the molecule is Cc1cc(C)c(C)c(Oc2ccc(CNC3CC3)nn2)c1. The predicted molar refractivity (Wildman–Crippen MR) is 82.6 cm³/mol. The van der Waals surface area contributed by atoms with Crippen LogP contribution in [-0.2, 0) is 6.54 Å². The van der Waals surface area contributed by atoms with Gasteiger partial charge in [-0.25, -0.2) is 0 Å². The molecule has 1 heterocycles. The molecule has 21 heavy (non-hydrogen) atoms. The molecule has 3 rings (SSSR count). The van der Waals surface area contributed by atoms with E-state index in [9.17, 15) is 0 Å². The van der Waals surface area contributed by atoms with Crippen LogP contribution in [0.4, 0.5) is 0 Å². The number of nitrogens with zero attached hydrogens (tertiary/aromatic N) is 2. The van der Waals surface area contributed by atoms with Crippen LogP contribution in [0.1, 0.15) is 35.2 Å². The second-order valence-electron chi connectivity index (χ2n) is 5.83. The van der Waals surface area contributed by atoms with E-state index in [1.165, 1.54) is 24.0 Å². The van der Waals surface area contributed by atoms with Crippen molar-refractivity contribution >= 4 is 0 Å². The minimum absolute atomic E-state index is 0.540. The van der Waals surface area contributed by atoms with Gasteiger partial charge in [0.2, 0.25) is 5.88 Å². The Morgan fingerprint density at radius 1 is 1.14 bits per heavy atom. The standard InChI is InChI=1S/C17H21N3O/c1-11-8-12(2)13(3)16(9-11)21-17-7-6-15(19-20-17)10-18-14-4-5-14/h6-9,14,18H,4-5,10H2,1-3H3.